The Morgan fingerprint density at radius 3 is 2.67 bits per heavy atom. The second-order valence-electron chi connectivity index (χ2n) is 3.07. The molecule has 2 fully saturated rings. The molecule has 0 aromatic carbocycles. The van der Waals surface area contributed by atoms with Crippen LogP contribution in [-0.4, -0.2) is 34.8 Å². The Morgan fingerprint density at radius 1 is 1.40 bits per heavy atom. The van der Waals surface area contributed by atoms with Gasteiger partial charge in [0.15, 0.2) is 6.17 Å². The van der Waals surface area contributed by atoms with E-state index in [0.29, 0.717) is 0 Å². The molecule has 0 aliphatic carbocycles. The van der Waals surface area contributed by atoms with Crippen molar-refractivity contribution in [2.24, 2.45) is 5.73 Å². The van der Waals surface area contributed by atoms with E-state index in [4.69, 9.17) is 12.3 Å². The first-order valence-corrected chi connectivity index (χ1v) is 3.89. The zero-order valence-corrected chi connectivity index (χ0v) is 7.27. The molecule has 2 unspecified atom stereocenters. The van der Waals surface area contributed by atoms with Crippen molar-refractivity contribution in [3.05, 3.63) is 11.5 Å². The van der Waals surface area contributed by atoms with Crippen LogP contribution >= 0.6 is 0 Å². The normalized spacial score (nSPS) is 33.7. The van der Waals surface area contributed by atoms with Crippen molar-refractivity contribution in [2.75, 3.05) is 0 Å². The number of fused-ring (bicyclic) bond motifs is 1. The molecule has 0 radical (unpaired) electrons. The molecule has 9 heteroatoms. The summed E-state index contributed by atoms with van der Waals surface area (Å²) in [6, 6.07) is -1.59. The van der Waals surface area contributed by atoms with Crippen molar-refractivity contribution in [2.45, 2.75) is 11.8 Å². The number of nitrogens with zero attached hydrogens (tertiary/aromatic N) is 2. The first kappa shape index (κ1) is 9.22. The average Bonchev–Trinajstić information content (AvgIpc) is 2.43. The number of carbonyl (C=O) groups excluding carboxylic acids is 3. The lowest BCUT2D eigenvalue weighted by molar-refractivity contribution is -0.135. The van der Waals surface area contributed by atoms with E-state index in [1.54, 1.807) is 0 Å². The van der Waals surface area contributed by atoms with Gasteiger partial charge in [-0.2, -0.15) is 6.57 Å². The Labute approximate surface area is 83.4 Å². The van der Waals surface area contributed by atoms with Gasteiger partial charge in [-0.25, -0.2) is 9.59 Å². The van der Waals surface area contributed by atoms with Crippen LogP contribution in [-0.2, 0) is 4.79 Å². The molecule has 2 atom stereocenters. The van der Waals surface area contributed by atoms with Crippen LogP contribution in [0.3, 0.4) is 0 Å². The van der Waals surface area contributed by atoms with Gasteiger partial charge in [0.1, 0.15) is 0 Å². The highest BCUT2D eigenvalue weighted by atomic mass is 16.2. The predicted octanol–water partition coefficient (Wildman–Crippen LogP) is -2.33. The third kappa shape index (κ3) is 1.02. The third-order valence-electron chi connectivity index (χ3n) is 2.16. The van der Waals surface area contributed by atoms with Gasteiger partial charge < -0.3 is 16.0 Å². The van der Waals surface area contributed by atoms with Gasteiger partial charge >= 0.3 is 18.0 Å². The minimum absolute atomic E-state index is 0.240. The smallest absolute Gasteiger partial charge is 0.314 e. The molecule has 5 N–H and O–H groups in total. The lowest BCUT2D eigenvalue weighted by Gasteiger charge is -2.32. The number of carbonyl (C=O) groups is 3. The van der Waals surface area contributed by atoms with Gasteiger partial charge in [-0.1, -0.05) is 0 Å². The van der Waals surface area contributed by atoms with Crippen molar-refractivity contribution >= 4 is 18.0 Å². The number of nitrogens with one attached hydrogen (secondary N) is 3. The van der Waals surface area contributed by atoms with Gasteiger partial charge in [-0.3, -0.25) is 10.5 Å². The van der Waals surface area contributed by atoms with Crippen LogP contribution in [0, 0.1) is 6.57 Å². The second kappa shape index (κ2) is 2.58. The molecular weight excluding hydrogens is 204 g/mol. The number of nitrogens with two attached hydrogens (primary N) is 1. The van der Waals surface area contributed by atoms with E-state index < -0.39 is 29.8 Å². The highest BCUT2D eigenvalue weighted by Crippen LogP contribution is 2.17. The SMILES string of the molecule is [C-]#[N+]N1C(=O)NC2NC(=O)NC2(N)C1=O. The van der Waals surface area contributed by atoms with Crippen molar-refractivity contribution in [1.82, 2.24) is 21.0 Å². The monoisotopic (exact) mass is 210 g/mol. The van der Waals surface area contributed by atoms with Gasteiger partial charge in [0.2, 0.25) is 5.66 Å². The Bertz CT molecular complexity index is 414. The van der Waals surface area contributed by atoms with E-state index in [1.165, 1.54) is 0 Å². The minimum Gasteiger partial charge on any atom is -0.314 e. The van der Waals surface area contributed by atoms with Crippen LogP contribution in [0.5, 0.6) is 0 Å². The second-order valence-corrected chi connectivity index (χ2v) is 3.07. The van der Waals surface area contributed by atoms with Crippen LogP contribution in [0.1, 0.15) is 0 Å². The van der Waals surface area contributed by atoms with Crippen LogP contribution in [0.25, 0.3) is 4.95 Å². The molecule has 0 bridgehead atoms. The topological polar surface area (TPSA) is 121 Å². The van der Waals surface area contributed by atoms with Crippen molar-refractivity contribution in [3.8, 4) is 0 Å². The number of imide groups is 1. The Kier molecular flexibility index (Phi) is 1.59. The summed E-state index contributed by atoms with van der Waals surface area (Å²) < 4.78 is 0. The molecule has 2 heterocycles. The average molecular weight is 210 g/mol. The fourth-order valence-electron chi connectivity index (χ4n) is 1.41. The fraction of sp³-hybridized carbons (Fsp3) is 0.333. The molecule has 0 aromatic rings. The number of hydrogen-bond acceptors (Lipinski definition) is 4. The van der Waals surface area contributed by atoms with Crippen LogP contribution < -0.4 is 21.7 Å². The zero-order valence-electron chi connectivity index (χ0n) is 7.27. The van der Waals surface area contributed by atoms with Crippen LogP contribution in [0.15, 0.2) is 0 Å². The Hall–Kier alpha value is -2.34. The van der Waals surface area contributed by atoms with E-state index in [1.807, 2.05) is 0 Å². The highest BCUT2D eigenvalue weighted by molar-refractivity contribution is 6.06. The lowest BCUT2D eigenvalue weighted by Crippen LogP contribution is -2.76. The van der Waals surface area contributed by atoms with Gasteiger partial charge in [-0.15, -0.1) is 4.95 Å². The quantitative estimate of drug-likeness (QED) is 0.335. The zero-order chi connectivity index (χ0) is 11.2. The molecule has 2 saturated heterocycles. The fourth-order valence-corrected chi connectivity index (χ4v) is 1.41. The predicted molar refractivity (Wildman–Crippen MR) is 44.4 cm³/mol. The Morgan fingerprint density at radius 2 is 2.07 bits per heavy atom. The lowest BCUT2D eigenvalue weighted by atomic mass is 10.1. The standard InChI is InChI=1S/C6H6N6O3/c1-8-12-3(13)6(7)2(10-5(12)15)9-4(14)11-6/h2H,7H2,(H,10,15)(H2,9,11,14). The molecule has 0 aromatic heterocycles. The molecule has 15 heavy (non-hydrogen) atoms. The largest absolute Gasteiger partial charge is 0.394 e. The third-order valence-corrected chi connectivity index (χ3v) is 2.16. The molecule has 5 amide bonds. The first-order chi connectivity index (χ1) is 6.99. The van der Waals surface area contributed by atoms with Gasteiger partial charge in [0, 0.05) is 0 Å². The number of rotatable bonds is 0. The summed E-state index contributed by atoms with van der Waals surface area (Å²) in [5, 5.41) is 6.84. The highest BCUT2D eigenvalue weighted by Gasteiger charge is 2.60. The van der Waals surface area contributed by atoms with E-state index in [2.05, 4.69) is 20.9 Å². The maximum atomic E-state index is 11.6. The molecule has 0 spiro atoms. The summed E-state index contributed by atoms with van der Waals surface area (Å²) in [6.45, 7) is 6.63. The van der Waals surface area contributed by atoms with Crippen molar-refractivity contribution in [1.29, 1.82) is 0 Å². The van der Waals surface area contributed by atoms with Crippen LogP contribution in [0.4, 0.5) is 9.59 Å². The number of urea groups is 2. The van der Waals surface area contributed by atoms with E-state index in [9.17, 15) is 14.4 Å². The molecule has 2 aliphatic rings. The molecule has 78 valence electrons. The van der Waals surface area contributed by atoms with E-state index >= 15 is 0 Å². The number of amides is 5. The summed E-state index contributed by atoms with van der Waals surface area (Å²) in [5.41, 5.74) is 3.79. The Balaban J connectivity index is 2.40. The van der Waals surface area contributed by atoms with Crippen LogP contribution in [0.2, 0.25) is 0 Å². The van der Waals surface area contributed by atoms with Gasteiger partial charge in [-0.05, 0) is 0 Å². The molecule has 0 saturated carbocycles. The molecular formula is C6H6N6O3. The summed E-state index contributed by atoms with van der Waals surface area (Å²) in [5.74, 6) is -0.968. The summed E-state index contributed by atoms with van der Waals surface area (Å²) in [4.78, 5) is 36.4. The summed E-state index contributed by atoms with van der Waals surface area (Å²) in [7, 11) is 0. The van der Waals surface area contributed by atoms with Crippen molar-refractivity contribution in [3.63, 3.8) is 0 Å². The summed E-state index contributed by atoms with van der Waals surface area (Å²) in [6.07, 6.45) is -1.04. The van der Waals surface area contributed by atoms with E-state index in [0.717, 1.165) is 0 Å². The minimum atomic E-state index is -1.80. The maximum absolute atomic E-state index is 11.6. The molecule has 2 aliphatic heterocycles. The summed E-state index contributed by atoms with van der Waals surface area (Å²) >= 11 is 0. The molecule has 9 nitrogen and oxygen atoms in total. The maximum Gasteiger partial charge on any atom is 0.394 e. The van der Waals surface area contributed by atoms with Gasteiger partial charge in [0.05, 0.1) is 5.01 Å². The number of hydrogen-bond donors (Lipinski definition) is 4. The van der Waals surface area contributed by atoms with E-state index in [-0.39, 0.29) is 5.01 Å². The van der Waals surface area contributed by atoms with Crippen molar-refractivity contribution < 1.29 is 14.4 Å². The first-order valence-electron chi connectivity index (χ1n) is 3.89. The molecule has 2 rings (SSSR count). The van der Waals surface area contributed by atoms with Gasteiger partial charge in [0.25, 0.3) is 0 Å².